The molecule has 1 heterocycles. The van der Waals surface area contributed by atoms with Crippen molar-refractivity contribution in [3.05, 3.63) is 155 Å². The zero-order valence-electron chi connectivity index (χ0n) is 29.1. The highest BCUT2D eigenvalue weighted by Crippen LogP contribution is 2.59. The van der Waals surface area contributed by atoms with E-state index in [1.165, 1.54) is 21.2 Å². The molecule has 6 aromatic carbocycles. The molecule has 6 heteroatoms. The van der Waals surface area contributed by atoms with Gasteiger partial charge in [0.05, 0.1) is 36.1 Å². The fourth-order valence-electron chi connectivity index (χ4n) is 7.41. The van der Waals surface area contributed by atoms with E-state index in [1.807, 2.05) is 24.3 Å². The second kappa shape index (κ2) is 12.5. The summed E-state index contributed by atoms with van der Waals surface area (Å²) in [4.78, 5) is 2.37. The minimum atomic E-state index is -2.39. The van der Waals surface area contributed by atoms with Gasteiger partial charge in [-0.3, -0.25) is 0 Å². The average molecular weight is 687 g/mol. The van der Waals surface area contributed by atoms with Gasteiger partial charge in [-0.05, 0) is 147 Å². The van der Waals surface area contributed by atoms with Crippen molar-refractivity contribution >= 4 is 69.1 Å². The van der Waals surface area contributed by atoms with Gasteiger partial charge in [0, 0.05) is 7.05 Å². The number of halogens is 2. The number of nitrogens with one attached hydrogen (secondary N) is 1. The third-order valence-electron chi connectivity index (χ3n) is 10.2. The number of fused-ring (bicyclic) bond motifs is 4. The molecule has 6 aromatic rings. The summed E-state index contributed by atoms with van der Waals surface area (Å²) in [5.41, 5.74) is 8.94. The maximum atomic E-state index is 14.5. The lowest BCUT2D eigenvalue weighted by molar-refractivity contribution is 0.628. The lowest BCUT2D eigenvalue weighted by Crippen LogP contribution is -2.38. The number of rotatable bonds is 2. The van der Waals surface area contributed by atoms with E-state index in [0.29, 0.717) is 0 Å². The molecular weight excluding hydrogens is 644 g/mol. The molecule has 246 valence electrons. The Morgan fingerprint density at radius 2 is 0.776 bits per heavy atom. The van der Waals surface area contributed by atoms with Crippen molar-refractivity contribution in [3.8, 4) is 0 Å². The van der Waals surface area contributed by atoms with Gasteiger partial charge in [0.15, 0.2) is 0 Å². The van der Waals surface area contributed by atoms with Gasteiger partial charge in [-0.25, -0.2) is 8.78 Å². The molecule has 0 saturated heterocycles. The lowest BCUT2D eigenvalue weighted by atomic mass is 10.1. The molecule has 1 N–H and O–H groups in total. The Hall–Kier alpha value is -4.36. The van der Waals surface area contributed by atoms with Crippen molar-refractivity contribution in [1.29, 1.82) is 0 Å². The van der Waals surface area contributed by atoms with E-state index in [1.54, 1.807) is 24.3 Å². The molecule has 2 unspecified atom stereocenters. The molecule has 0 fully saturated rings. The van der Waals surface area contributed by atoms with Crippen molar-refractivity contribution in [2.24, 2.45) is 0 Å². The first-order valence-corrected chi connectivity index (χ1v) is 21.1. The minimum absolute atomic E-state index is 0.244. The standard InChI is InChI=1S/C43H42F2N2P2/c1-28-8-20-40-36(24-28)46-37-25-29(2)9-21-41(37)49(7,35-18-14-33(45)15-19-35)43-23-11-31(4)27-39(43)47(5)38-26-30(3)10-22-42(38)48(40,6)34-16-12-32(44)13-17-34/h8-27,46H,1-7H3/q+2. The van der Waals surface area contributed by atoms with Crippen LogP contribution in [0, 0.1) is 39.3 Å². The predicted molar refractivity (Wildman–Crippen MR) is 212 cm³/mol. The largest absolute Gasteiger partial charge is 0.349 e. The molecule has 1 aliphatic rings. The Morgan fingerprint density at radius 1 is 0.449 bits per heavy atom. The summed E-state index contributed by atoms with van der Waals surface area (Å²) in [6.45, 7) is 13.3. The summed E-state index contributed by atoms with van der Waals surface area (Å²) in [6.07, 6.45) is 0. The molecule has 0 aliphatic carbocycles. The Labute approximate surface area is 290 Å². The zero-order valence-corrected chi connectivity index (χ0v) is 30.9. The third kappa shape index (κ3) is 5.66. The van der Waals surface area contributed by atoms with Crippen molar-refractivity contribution in [3.63, 3.8) is 0 Å². The molecule has 0 spiro atoms. The molecule has 49 heavy (non-hydrogen) atoms. The smallest absolute Gasteiger partial charge is 0.128 e. The first kappa shape index (κ1) is 33.2. The normalized spacial score (nSPS) is 18.6. The Kier molecular flexibility index (Phi) is 8.46. The lowest BCUT2D eigenvalue weighted by Gasteiger charge is -2.34. The van der Waals surface area contributed by atoms with Gasteiger partial charge < -0.3 is 10.2 Å². The maximum Gasteiger partial charge on any atom is 0.128 e. The van der Waals surface area contributed by atoms with Crippen LogP contribution in [0.4, 0.5) is 31.5 Å². The van der Waals surface area contributed by atoms with Gasteiger partial charge in [-0.15, -0.1) is 0 Å². The van der Waals surface area contributed by atoms with Crippen molar-refractivity contribution in [2.75, 3.05) is 30.6 Å². The monoisotopic (exact) mass is 686 g/mol. The van der Waals surface area contributed by atoms with Crippen molar-refractivity contribution in [1.82, 2.24) is 0 Å². The Bertz CT molecular complexity index is 2060. The number of benzene rings is 6. The molecule has 0 aromatic heterocycles. The number of hydrogen-bond donors (Lipinski definition) is 1. The molecule has 2 nitrogen and oxygen atoms in total. The first-order chi connectivity index (χ1) is 23.4. The molecule has 2 atom stereocenters. The highest BCUT2D eigenvalue weighted by atomic mass is 31.2. The first-order valence-electron chi connectivity index (χ1n) is 16.6. The van der Waals surface area contributed by atoms with Crippen LogP contribution in [0.25, 0.3) is 0 Å². The maximum absolute atomic E-state index is 14.5. The summed E-state index contributed by atoms with van der Waals surface area (Å²) in [5, 5.41) is 11.0. The van der Waals surface area contributed by atoms with Crippen LogP contribution in [0.5, 0.6) is 0 Å². The fraction of sp³-hybridized carbons (Fsp3) is 0.163. The van der Waals surface area contributed by atoms with Gasteiger partial charge in [0.1, 0.15) is 58.0 Å². The molecule has 0 amide bonds. The van der Waals surface area contributed by atoms with Crippen LogP contribution in [0.2, 0.25) is 0 Å². The summed E-state index contributed by atoms with van der Waals surface area (Å²) in [6, 6.07) is 41.2. The fourth-order valence-corrected chi connectivity index (χ4v) is 14.6. The quantitative estimate of drug-likeness (QED) is 0.183. The molecule has 0 bridgehead atoms. The molecular formula is C43H42F2N2P2+2. The predicted octanol–water partition coefficient (Wildman–Crippen LogP) is 8.87. The molecule has 7 rings (SSSR count). The number of hydrogen-bond acceptors (Lipinski definition) is 2. The van der Waals surface area contributed by atoms with Gasteiger partial charge in [-0.1, -0.05) is 24.3 Å². The zero-order chi connectivity index (χ0) is 34.7. The summed E-state index contributed by atoms with van der Waals surface area (Å²) in [7, 11) is -2.60. The number of nitrogens with zero attached hydrogens (tertiary/aromatic N) is 1. The molecule has 1 aliphatic heterocycles. The van der Waals surface area contributed by atoms with E-state index in [0.717, 1.165) is 55.6 Å². The van der Waals surface area contributed by atoms with Crippen LogP contribution >= 0.6 is 14.5 Å². The molecule has 0 radical (unpaired) electrons. The Balaban J connectivity index is 1.67. The van der Waals surface area contributed by atoms with Crippen LogP contribution in [0.3, 0.4) is 0 Å². The van der Waals surface area contributed by atoms with Crippen molar-refractivity contribution in [2.45, 2.75) is 27.7 Å². The second-order valence-corrected chi connectivity index (χ2v) is 20.7. The van der Waals surface area contributed by atoms with E-state index in [9.17, 15) is 8.78 Å². The summed E-state index contributed by atoms with van der Waals surface area (Å²) in [5.74, 6) is -0.489. The van der Waals surface area contributed by atoms with Crippen LogP contribution in [-0.4, -0.2) is 20.4 Å². The Morgan fingerprint density at radius 3 is 1.14 bits per heavy atom. The van der Waals surface area contributed by atoms with Crippen LogP contribution < -0.4 is 42.0 Å². The van der Waals surface area contributed by atoms with Gasteiger partial charge in [0.25, 0.3) is 0 Å². The highest BCUT2D eigenvalue weighted by molar-refractivity contribution is 7.96. The van der Waals surface area contributed by atoms with E-state index < -0.39 is 14.5 Å². The van der Waals surface area contributed by atoms with Crippen molar-refractivity contribution < 1.29 is 8.78 Å². The van der Waals surface area contributed by atoms with Crippen LogP contribution in [0.1, 0.15) is 22.3 Å². The number of anilines is 4. The molecule has 0 saturated carbocycles. The van der Waals surface area contributed by atoms with Gasteiger partial charge in [-0.2, -0.15) is 0 Å². The minimum Gasteiger partial charge on any atom is -0.349 e. The van der Waals surface area contributed by atoms with E-state index >= 15 is 0 Å². The summed E-state index contributed by atoms with van der Waals surface area (Å²) >= 11 is 0. The SMILES string of the molecule is Cc1ccc2c(c1)Nc1cc(C)ccc1[P+](C)(c1ccc(F)cc1)c1ccc(C)cc1N(C)c1cc(C)ccc1[P+]2(C)c1ccc(F)cc1. The topological polar surface area (TPSA) is 15.3 Å². The van der Waals surface area contributed by atoms with Crippen LogP contribution in [0.15, 0.2) is 121 Å². The van der Waals surface area contributed by atoms with E-state index in [-0.39, 0.29) is 11.6 Å². The average Bonchev–Trinajstić information content (AvgIpc) is 3.07. The number of aryl methyl sites for hydroxylation is 4. The van der Waals surface area contributed by atoms with E-state index in [4.69, 9.17) is 0 Å². The van der Waals surface area contributed by atoms with E-state index in [2.05, 4.69) is 131 Å². The second-order valence-electron chi connectivity index (χ2n) is 13.7. The van der Waals surface area contributed by atoms with Crippen LogP contribution in [-0.2, 0) is 0 Å². The summed E-state index contributed by atoms with van der Waals surface area (Å²) < 4.78 is 29.0. The highest BCUT2D eigenvalue weighted by Gasteiger charge is 2.49. The third-order valence-corrected chi connectivity index (χ3v) is 18.2. The van der Waals surface area contributed by atoms with Gasteiger partial charge >= 0.3 is 0 Å². The van der Waals surface area contributed by atoms with Gasteiger partial charge in [0.2, 0.25) is 0 Å².